The van der Waals surface area contributed by atoms with Crippen LogP contribution in [0.25, 0.3) is 28.3 Å². The van der Waals surface area contributed by atoms with Gasteiger partial charge < -0.3 is 4.57 Å². The first kappa shape index (κ1) is 15.5. The molecule has 0 bridgehead atoms. The smallest absolute Gasteiger partial charge is 0.185 e. The number of halogens is 3. The van der Waals surface area contributed by atoms with Crippen molar-refractivity contribution >= 4 is 15.9 Å². The van der Waals surface area contributed by atoms with Crippen LogP contribution in [0.3, 0.4) is 0 Å². The van der Waals surface area contributed by atoms with Crippen LogP contribution in [0.2, 0.25) is 0 Å². The van der Waals surface area contributed by atoms with E-state index in [4.69, 9.17) is 0 Å². The molecule has 0 saturated carbocycles. The Kier molecular flexibility index (Phi) is 3.33. The summed E-state index contributed by atoms with van der Waals surface area (Å²) in [6.07, 6.45) is 3.53. The number of nitrogens with zero attached hydrogens (tertiary/aromatic N) is 4. The minimum absolute atomic E-state index is 0.354. The molecule has 0 unspecified atom stereocenters. The summed E-state index contributed by atoms with van der Waals surface area (Å²) in [6.45, 7) is 0.607. The zero-order valence-corrected chi connectivity index (χ0v) is 14.9. The molecule has 0 atom stereocenters. The average Bonchev–Trinajstić information content (AvgIpc) is 3.20. The van der Waals surface area contributed by atoms with Gasteiger partial charge in [-0.1, -0.05) is 15.9 Å². The van der Waals surface area contributed by atoms with E-state index >= 15 is 0 Å². The van der Waals surface area contributed by atoms with E-state index in [9.17, 15) is 8.78 Å². The molecule has 1 aliphatic heterocycles. The SMILES string of the molecule is Fc1ccc(-c2cc3n(c2)Cc2cc(Br)ccc2-n2cnnc2-3)c(F)c1. The Morgan fingerprint density at radius 2 is 1.92 bits per heavy atom. The van der Waals surface area contributed by atoms with Crippen LogP contribution in [0, 0.1) is 11.6 Å². The third kappa shape index (κ3) is 2.31. The van der Waals surface area contributed by atoms with Crippen LogP contribution in [0.4, 0.5) is 8.78 Å². The molecule has 5 rings (SSSR count). The Morgan fingerprint density at radius 1 is 1.04 bits per heavy atom. The second-order valence-electron chi connectivity index (χ2n) is 6.16. The molecule has 0 spiro atoms. The first-order valence-electron chi connectivity index (χ1n) is 7.95. The third-order valence-corrected chi connectivity index (χ3v) is 5.05. The largest absolute Gasteiger partial charge is 0.340 e. The number of hydrogen-bond donors (Lipinski definition) is 0. The summed E-state index contributed by atoms with van der Waals surface area (Å²) in [6, 6.07) is 11.5. The van der Waals surface area contributed by atoms with Crippen molar-refractivity contribution in [3.63, 3.8) is 0 Å². The van der Waals surface area contributed by atoms with Crippen molar-refractivity contribution in [3.8, 4) is 28.3 Å². The van der Waals surface area contributed by atoms with Gasteiger partial charge in [-0.2, -0.15) is 0 Å². The van der Waals surface area contributed by atoms with Gasteiger partial charge in [0.2, 0.25) is 0 Å². The predicted octanol–water partition coefficient (Wildman–Crippen LogP) is 4.81. The predicted molar refractivity (Wildman–Crippen MR) is 96.9 cm³/mol. The number of benzene rings is 2. The maximum Gasteiger partial charge on any atom is 0.185 e. The summed E-state index contributed by atoms with van der Waals surface area (Å²) in [5.41, 5.74) is 3.94. The van der Waals surface area contributed by atoms with Gasteiger partial charge in [0.05, 0.1) is 11.4 Å². The van der Waals surface area contributed by atoms with Crippen molar-refractivity contribution in [2.24, 2.45) is 0 Å². The number of fused-ring (bicyclic) bond motifs is 5. The van der Waals surface area contributed by atoms with E-state index in [1.165, 1.54) is 12.1 Å². The number of rotatable bonds is 1. The van der Waals surface area contributed by atoms with Gasteiger partial charge in [-0.15, -0.1) is 10.2 Å². The zero-order valence-electron chi connectivity index (χ0n) is 13.3. The molecule has 0 radical (unpaired) electrons. The summed E-state index contributed by atoms with van der Waals surface area (Å²) in [5.74, 6) is -0.499. The summed E-state index contributed by atoms with van der Waals surface area (Å²) in [5, 5.41) is 8.29. The second-order valence-corrected chi connectivity index (χ2v) is 7.08. The second kappa shape index (κ2) is 5.60. The molecule has 26 heavy (non-hydrogen) atoms. The normalized spacial score (nSPS) is 12.3. The van der Waals surface area contributed by atoms with Crippen LogP contribution in [-0.2, 0) is 6.54 Å². The molecule has 4 aromatic rings. The van der Waals surface area contributed by atoms with Crippen molar-refractivity contribution in [3.05, 3.63) is 76.7 Å². The molecule has 0 aliphatic carbocycles. The topological polar surface area (TPSA) is 35.6 Å². The quantitative estimate of drug-likeness (QED) is 0.396. The lowest BCUT2D eigenvalue weighted by Gasteiger charge is -2.09. The monoisotopic (exact) mass is 412 g/mol. The van der Waals surface area contributed by atoms with Crippen LogP contribution >= 0.6 is 15.9 Å². The minimum Gasteiger partial charge on any atom is -0.340 e. The van der Waals surface area contributed by atoms with Crippen molar-refractivity contribution < 1.29 is 8.78 Å². The van der Waals surface area contributed by atoms with E-state index in [1.807, 2.05) is 39.6 Å². The summed E-state index contributed by atoms with van der Waals surface area (Å²) in [4.78, 5) is 0. The van der Waals surface area contributed by atoms with E-state index in [2.05, 4.69) is 26.1 Å². The van der Waals surface area contributed by atoms with Gasteiger partial charge in [-0.3, -0.25) is 4.57 Å². The van der Waals surface area contributed by atoms with Gasteiger partial charge >= 0.3 is 0 Å². The molecule has 0 amide bonds. The van der Waals surface area contributed by atoms with Gasteiger partial charge in [0.25, 0.3) is 0 Å². The maximum absolute atomic E-state index is 14.2. The Bertz CT molecular complexity index is 1160. The van der Waals surface area contributed by atoms with Crippen LogP contribution in [0.15, 0.2) is 59.5 Å². The van der Waals surface area contributed by atoms with Crippen molar-refractivity contribution in [2.45, 2.75) is 6.54 Å². The fourth-order valence-electron chi connectivity index (χ4n) is 3.38. The van der Waals surface area contributed by atoms with E-state index in [1.54, 1.807) is 6.33 Å². The Hall–Kier alpha value is -2.80. The van der Waals surface area contributed by atoms with Gasteiger partial charge in [0.15, 0.2) is 5.82 Å². The standard InChI is InChI=1S/C19H11BrF2N4/c20-13-1-4-17-12(5-13)9-25-8-11(15-3-2-14(21)7-16(15)22)6-18(25)19-24-23-10-26(17)19/h1-8,10H,9H2. The molecule has 4 nitrogen and oxygen atoms in total. The molecule has 0 N–H and O–H groups in total. The number of aromatic nitrogens is 4. The lowest BCUT2D eigenvalue weighted by atomic mass is 10.1. The van der Waals surface area contributed by atoms with Gasteiger partial charge in [-0.25, -0.2) is 8.78 Å². The van der Waals surface area contributed by atoms with E-state index in [-0.39, 0.29) is 0 Å². The number of hydrogen-bond acceptors (Lipinski definition) is 2. The molecule has 1 aliphatic rings. The average molecular weight is 413 g/mol. The highest BCUT2D eigenvalue weighted by molar-refractivity contribution is 9.10. The molecule has 2 aromatic carbocycles. The van der Waals surface area contributed by atoms with Crippen LogP contribution in [0.5, 0.6) is 0 Å². The third-order valence-electron chi connectivity index (χ3n) is 4.56. The summed E-state index contributed by atoms with van der Waals surface area (Å²) >= 11 is 3.51. The van der Waals surface area contributed by atoms with E-state index in [0.717, 1.165) is 27.5 Å². The fraction of sp³-hybridized carbons (Fsp3) is 0.0526. The summed E-state index contributed by atoms with van der Waals surface area (Å²) in [7, 11) is 0. The highest BCUT2D eigenvalue weighted by Gasteiger charge is 2.22. The molecular weight excluding hydrogens is 402 g/mol. The molecule has 0 fully saturated rings. The summed E-state index contributed by atoms with van der Waals surface area (Å²) < 4.78 is 32.4. The maximum atomic E-state index is 14.2. The van der Waals surface area contributed by atoms with E-state index < -0.39 is 11.6 Å². The van der Waals surface area contributed by atoms with Crippen LogP contribution in [0.1, 0.15) is 5.56 Å². The minimum atomic E-state index is -0.592. The van der Waals surface area contributed by atoms with Crippen LogP contribution in [-0.4, -0.2) is 19.3 Å². The Labute approximate surface area is 155 Å². The van der Waals surface area contributed by atoms with Crippen LogP contribution < -0.4 is 0 Å². The van der Waals surface area contributed by atoms with Crippen molar-refractivity contribution in [2.75, 3.05) is 0 Å². The van der Waals surface area contributed by atoms with Gasteiger partial charge in [0, 0.05) is 34.4 Å². The highest BCUT2D eigenvalue weighted by atomic mass is 79.9. The fourth-order valence-corrected chi connectivity index (χ4v) is 3.79. The molecular formula is C19H11BrF2N4. The zero-order chi connectivity index (χ0) is 17.8. The molecule has 7 heteroatoms. The van der Waals surface area contributed by atoms with Gasteiger partial charge in [-0.05, 0) is 42.0 Å². The Balaban J connectivity index is 1.73. The molecule has 3 heterocycles. The first-order valence-corrected chi connectivity index (χ1v) is 8.74. The highest BCUT2D eigenvalue weighted by Crippen LogP contribution is 2.35. The van der Waals surface area contributed by atoms with E-state index in [0.29, 0.717) is 23.5 Å². The lowest BCUT2D eigenvalue weighted by Crippen LogP contribution is -2.00. The molecule has 0 saturated heterocycles. The van der Waals surface area contributed by atoms with Crippen molar-refractivity contribution in [1.29, 1.82) is 0 Å². The lowest BCUT2D eigenvalue weighted by molar-refractivity contribution is 0.585. The first-order chi connectivity index (χ1) is 12.6. The van der Waals surface area contributed by atoms with Crippen molar-refractivity contribution in [1.82, 2.24) is 19.3 Å². The molecule has 2 aromatic heterocycles. The Morgan fingerprint density at radius 3 is 2.77 bits per heavy atom. The van der Waals surface area contributed by atoms with Gasteiger partial charge in [0.1, 0.15) is 18.0 Å². The molecule has 128 valence electrons.